The lowest BCUT2D eigenvalue weighted by molar-refractivity contribution is -0.123. The van der Waals surface area contributed by atoms with E-state index in [1.165, 1.54) is 0 Å². The van der Waals surface area contributed by atoms with E-state index in [0.29, 0.717) is 32.7 Å². The molecule has 0 aliphatic carbocycles. The Hall–Kier alpha value is -1.14. The minimum atomic E-state index is 0.0352. The van der Waals surface area contributed by atoms with Crippen molar-refractivity contribution in [2.45, 2.75) is 6.42 Å². The fraction of sp³-hybridized carbons (Fsp3) is 0.800. The first-order chi connectivity index (χ1) is 7.76. The number of nitrogens with zero attached hydrogens (tertiary/aromatic N) is 2. The monoisotopic (exact) mass is 228 g/mol. The summed E-state index contributed by atoms with van der Waals surface area (Å²) in [6.45, 7) is 4.60. The van der Waals surface area contributed by atoms with E-state index in [2.05, 4.69) is 10.2 Å². The third-order valence-corrected chi connectivity index (χ3v) is 2.63. The Labute approximate surface area is 95.8 Å². The smallest absolute Gasteiger partial charge is 0.234 e. The zero-order chi connectivity index (χ0) is 11.8. The van der Waals surface area contributed by atoms with Crippen molar-refractivity contribution in [3.05, 3.63) is 0 Å². The van der Waals surface area contributed by atoms with Crippen molar-refractivity contribution < 1.29 is 9.59 Å². The minimum Gasteiger partial charge on any atom is -0.355 e. The number of amides is 2. The summed E-state index contributed by atoms with van der Waals surface area (Å²) in [6.07, 6.45) is 1.67. The molecule has 3 N–H and O–H groups in total. The zero-order valence-electron chi connectivity index (χ0n) is 9.52. The standard InChI is InChI=1S/C10H20N4O2/c11-2-1-3-12-10(16)8-13-4-6-14(9-15)7-5-13/h9H,1-8,11H2,(H,12,16). The van der Waals surface area contributed by atoms with Crippen molar-refractivity contribution in [3.63, 3.8) is 0 Å². The molecule has 0 atom stereocenters. The van der Waals surface area contributed by atoms with Crippen LogP contribution in [0.25, 0.3) is 0 Å². The first-order valence-corrected chi connectivity index (χ1v) is 5.64. The lowest BCUT2D eigenvalue weighted by atomic mass is 10.3. The summed E-state index contributed by atoms with van der Waals surface area (Å²) in [5, 5.41) is 2.81. The van der Waals surface area contributed by atoms with E-state index in [4.69, 9.17) is 5.73 Å². The molecule has 1 fully saturated rings. The van der Waals surface area contributed by atoms with E-state index in [1.807, 2.05) is 0 Å². The first kappa shape index (κ1) is 12.9. The molecule has 0 radical (unpaired) electrons. The summed E-state index contributed by atoms with van der Waals surface area (Å²) in [5.74, 6) is 0.0352. The number of carbonyl (C=O) groups excluding carboxylic acids is 2. The molecule has 92 valence electrons. The van der Waals surface area contributed by atoms with Crippen LogP contribution >= 0.6 is 0 Å². The molecule has 1 aliphatic rings. The normalized spacial score (nSPS) is 17.2. The Morgan fingerprint density at radius 1 is 1.31 bits per heavy atom. The maximum absolute atomic E-state index is 11.5. The van der Waals surface area contributed by atoms with Crippen LogP contribution in [0.2, 0.25) is 0 Å². The maximum Gasteiger partial charge on any atom is 0.234 e. The van der Waals surface area contributed by atoms with Gasteiger partial charge in [0.15, 0.2) is 0 Å². The van der Waals surface area contributed by atoms with Gasteiger partial charge >= 0.3 is 0 Å². The second-order valence-electron chi connectivity index (χ2n) is 3.91. The molecule has 2 amide bonds. The zero-order valence-corrected chi connectivity index (χ0v) is 9.52. The summed E-state index contributed by atoms with van der Waals surface area (Å²) in [7, 11) is 0. The fourth-order valence-corrected chi connectivity index (χ4v) is 1.62. The molecular formula is C10H20N4O2. The van der Waals surface area contributed by atoms with E-state index in [0.717, 1.165) is 25.9 Å². The summed E-state index contributed by atoms with van der Waals surface area (Å²) in [5.41, 5.74) is 5.33. The highest BCUT2D eigenvalue weighted by Crippen LogP contribution is 1.98. The number of hydrogen-bond donors (Lipinski definition) is 2. The number of rotatable bonds is 6. The van der Waals surface area contributed by atoms with Gasteiger partial charge in [0.1, 0.15) is 0 Å². The summed E-state index contributed by atoms with van der Waals surface area (Å²) < 4.78 is 0. The van der Waals surface area contributed by atoms with Crippen molar-refractivity contribution >= 4 is 12.3 Å². The van der Waals surface area contributed by atoms with Gasteiger partial charge in [-0.05, 0) is 13.0 Å². The lowest BCUT2D eigenvalue weighted by Gasteiger charge is -2.31. The Balaban J connectivity index is 2.13. The second-order valence-corrected chi connectivity index (χ2v) is 3.91. The van der Waals surface area contributed by atoms with E-state index in [9.17, 15) is 9.59 Å². The third kappa shape index (κ3) is 4.59. The summed E-state index contributed by atoms with van der Waals surface area (Å²) in [6, 6.07) is 0. The van der Waals surface area contributed by atoms with Crippen molar-refractivity contribution in [1.29, 1.82) is 0 Å². The predicted octanol–water partition coefficient (Wildman–Crippen LogP) is -1.77. The first-order valence-electron chi connectivity index (χ1n) is 5.64. The highest BCUT2D eigenvalue weighted by atomic mass is 16.2. The highest BCUT2D eigenvalue weighted by molar-refractivity contribution is 5.78. The number of piperazine rings is 1. The Kier molecular flexibility index (Phi) is 5.81. The van der Waals surface area contributed by atoms with Gasteiger partial charge in [-0.2, -0.15) is 0 Å². The molecule has 0 bridgehead atoms. The number of carbonyl (C=O) groups is 2. The Morgan fingerprint density at radius 3 is 2.56 bits per heavy atom. The lowest BCUT2D eigenvalue weighted by Crippen LogP contribution is -2.49. The molecule has 0 aromatic heterocycles. The third-order valence-electron chi connectivity index (χ3n) is 2.63. The average Bonchev–Trinajstić information content (AvgIpc) is 2.30. The Morgan fingerprint density at radius 2 is 2.00 bits per heavy atom. The molecule has 6 nitrogen and oxygen atoms in total. The molecule has 6 heteroatoms. The van der Waals surface area contributed by atoms with Crippen LogP contribution in [0, 0.1) is 0 Å². The van der Waals surface area contributed by atoms with Crippen LogP contribution in [0.5, 0.6) is 0 Å². The summed E-state index contributed by atoms with van der Waals surface area (Å²) >= 11 is 0. The molecule has 1 rings (SSSR count). The molecular weight excluding hydrogens is 208 g/mol. The molecule has 1 heterocycles. The van der Waals surface area contributed by atoms with Crippen molar-refractivity contribution in [1.82, 2.24) is 15.1 Å². The van der Waals surface area contributed by atoms with Crippen LogP contribution < -0.4 is 11.1 Å². The molecule has 16 heavy (non-hydrogen) atoms. The van der Waals surface area contributed by atoms with Crippen LogP contribution in [-0.4, -0.2) is 67.9 Å². The van der Waals surface area contributed by atoms with Crippen LogP contribution in [0.1, 0.15) is 6.42 Å². The second kappa shape index (κ2) is 7.19. The highest BCUT2D eigenvalue weighted by Gasteiger charge is 2.17. The topological polar surface area (TPSA) is 78.7 Å². The van der Waals surface area contributed by atoms with Gasteiger partial charge in [0.25, 0.3) is 0 Å². The van der Waals surface area contributed by atoms with Gasteiger partial charge in [-0.15, -0.1) is 0 Å². The van der Waals surface area contributed by atoms with Crippen molar-refractivity contribution in [2.24, 2.45) is 5.73 Å². The maximum atomic E-state index is 11.5. The van der Waals surface area contributed by atoms with Crippen LogP contribution in [0.3, 0.4) is 0 Å². The molecule has 0 unspecified atom stereocenters. The number of nitrogens with two attached hydrogens (primary N) is 1. The van der Waals surface area contributed by atoms with Crippen molar-refractivity contribution in [3.8, 4) is 0 Å². The SMILES string of the molecule is NCCCNC(=O)CN1CCN(C=O)CC1. The predicted molar refractivity (Wildman–Crippen MR) is 60.8 cm³/mol. The van der Waals surface area contributed by atoms with Crippen LogP contribution in [0.4, 0.5) is 0 Å². The van der Waals surface area contributed by atoms with E-state index in [1.54, 1.807) is 4.90 Å². The van der Waals surface area contributed by atoms with Gasteiger partial charge in [-0.25, -0.2) is 0 Å². The van der Waals surface area contributed by atoms with Gasteiger partial charge < -0.3 is 16.0 Å². The van der Waals surface area contributed by atoms with E-state index >= 15 is 0 Å². The van der Waals surface area contributed by atoms with E-state index < -0.39 is 0 Å². The van der Waals surface area contributed by atoms with E-state index in [-0.39, 0.29) is 5.91 Å². The van der Waals surface area contributed by atoms with Gasteiger partial charge in [-0.3, -0.25) is 14.5 Å². The molecule has 0 aromatic carbocycles. The fourth-order valence-electron chi connectivity index (χ4n) is 1.62. The van der Waals surface area contributed by atoms with Gasteiger partial charge in [0.05, 0.1) is 6.54 Å². The van der Waals surface area contributed by atoms with Crippen molar-refractivity contribution in [2.75, 3.05) is 45.8 Å². The quantitative estimate of drug-likeness (QED) is 0.416. The van der Waals surface area contributed by atoms with Gasteiger partial charge in [0, 0.05) is 32.7 Å². The van der Waals surface area contributed by atoms with Crippen LogP contribution in [0.15, 0.2) is 0 Å². The molecule has 0 aromatic rings. The largest absolute Gasteiger partial charge is 0.355 e. The Bertz CT molecular complexity index is 227. The molecule has 1 saturated heterocycles. The number of hydrogen-bond acceptors (Lipinski definition) is 4. The molecule has 1 aliphatic heterocycles. The molecule has 0 saturated carbocycles. The number of nitrogens with one attached hydrogen (secondary N) is 1. The van der Waals surface area contributed by atoms with Crippen LogP contribution in [-0.2, 0) is 9.59 Å². The average molecular weight is 228 g/mol. The van der Waals surface area contributed by atoms with Gasteiger partial charge in [-0.1, -0.05) is 0 Å². The minimum absolute atomic E-state index is 0.0352. The summed E-state index contributed by atoms with van der Waals surface area (Å²) in [4.78, 5) is 25.7. The molecule has 0 spiro atoms. The van der Waals surface area contributed by atoms with Gasteiger partial charge in [0.2, 0.25) is 12.3 Å².